The summed E-state index contributed by atoms with van der Waals surface area (Å²) in [7, 11) is 1.86. The Morgan fingerprint density at radius 1 is 1.26 bits per heavy atom. The van der Waals surface area contributed by atoms with Gasteiger partial charge in [0.05, 0.1) is 5.69 Å². The highest BCUT2D eigenvalue weighted by atomic mass is 127. The topological polar surface area (TPSA) is 56.9 Å². The summed E-state index contributed by atoms with van der Waals surface area (Å²) in [5.41, 5.74) is 3.67. The molecule has 1 atom stereocenters. The first-order valence-corrected chi connectivity index (χ1v) is 9.29. The van der Waals surface area contributed by atoms with Crippen LogP contribution in [0.1, 0.15) is 29.7 Å². The van der Waals surface area contributed by atoms with E-state index in [2.05, 4.69) is 63.4 Å². The van der Waals surface area contributed by atoms with Crippen LogP contribution in [0.15, 0.2) is 46.1 Å². The van der Waals surface area contributed by atoms with E-state index in [-0.39, 0.29) is 24.0 Å². The Balaban J connectivity index is 0.00000261. The highest BCUT2D eigenvalue weighted by Gasteiger charge is 2.20. The third-order valence-corrected chi connectivity index (χ3v) is 4.94. The first-order chi connectivity index (χ1) is 12.7. The third kappa shape index (κ3) is 6.21. The zero-order valence-corrected chi connectivity index (χ0v) is 18.7. The number of hydrogen-bond acceptors (Lipinski definition) is 4. The molecule has 2 heterocycles. The maximum atomic E-state index is 4.91. The van der Waals surface area contributed by atoms with Gasteiger partial charge >= 0.3 is 0 Å². The van der Waals surface area contributed by atoms with Crippen molar-refractivity contribution in [3.05, 3.63) is 53.4 Å². The number of nitrogens with one attached hydrogen (secondary N) is 1. The van der Waals surface area contributed by atoms with Crippen LogP contribution in [0.25, 0.3) is 0 Å². The number of nitrogens with zero attached hydrogens (tertiary/aromatic N) is 4. The molecule has 0 saturated carbocycles. The van der Waals surface area contributed by atoms with Crippen molar-refractivity contribution in [1.82, 2.24) is 20.3 Å². The number of aryl methyl sites for hydroxylation is 1. The maximum Gasteiger partial charge on any atom is 0.193 e. The van der Waals surface area contributed by atoms with Crippen LogP contribution < -0.4 is 5.32 Å². The van der Waals surface area contributed by atoms with Crippen LogP contribution in [0.4, 0.5) is 0 Å². The second kappa shape index (κ2) is 10.7. The molecular formula is C20H30IN5O. The van der Waals surface area contributed by atoms with Gasteiger partial charge in [0.15, 0.2) is 5.96 Å². The maximum absolute atomic E-state index is 4.91. The van der Waals surface area contributed by atoms with E-state index in [9.17, 15) is 0 Å². The average molecular weight is 483 g/mol. The molecule has 6 nitrogen and oxygen atoms in total. The van der Waals surface area contributed by atoms with Gasteiger partial charge in [-0.15, -0.1) is 24.0 Å². The Morgan fingerprint density at radius 3 is 2.67 bits per heavy atom. The molecule has 27 heavy (non-hydrogen) atoms. The summed E-state index contributed by atoms with van der Waals surface area (Å²) in [6, 6.07) is 10.7. The fourth-order valence-corrected chi connectivity index (χ4v) is 3.34. The van der Waals surface area contributed by atoms with E-state index in [0.717, 1.165) is 50.9 Å². The van der Waals surface area contributed by atoms with Gasteiger partial charge in [0, 0.05) is 52.4 Å². The molecule has 1 aromatic carbocycles. The summed E-state index contributed by atoms with van der Waals surface area (Å²) in [6.45, 7) is 10.1. The van der Waals surface area contributed by atoms with Crippen molar-refractivity contribution in [3.8, 4) is 0 Å². The number of aliphatic imine (C=N–C) groups is 1. The highest BCUT2D eigenvalue weighted by molar-refractivity contribution is 14.0. The SMILES string of the molecule is CN=C(NCC(C)c1cccc(C)c1)N1CCN(Cc2ccon2)CC1.I. The van der Waals surface area contributed by atoms with Crippen molar-refractivity contribution >= 4 is 29.9 Å². The molecule has 1 unspecified atom stereocenters. The Labute approximate surface area is 179 Å². The first-order valence-electron chi connectivity index (χ1n) is 9.29. The van der Waals surface area contributed by atoms with Crippen LogP contribution in [0.3, 0.4) is 0 Å². The lowest BCUT2D eigenvalue weighted by Gasteiger charge is -2.36. The lowest BCUT2D eigenvalue weighted by Crippen LogP contribution is -2.52. The fourth-order valence-electron chi connectivity index (χ4n) is 3.34. The van der Waals surface area contributed by atoms with Gasteiger partial charge < -0.3 is 14.7 Å². The summed E-state index contributed by atoms with van der Waals surface area (Å²) in [5.74, 6) is 1.44. The predicted molar refractivity (Wildman–Crippen MR) is 120 cm³/mol. The molecule has 1 fully saturated rings. The van der Waals surface area contributed by atoms with Gasteiger partial charge in [-0.25, -0.2) is 0 Å². The second-order valence-electron chi connectivity index (χ2n) is 7.00. The van der Waals surface area contributed by atoms with Gasteiger partial charge in [-0.05, 0) is 18.4 Å². The van der Waals surface area contributed by atoms with Crippen molar-refractivity contribution < 1.29 is 4.52 Å². The molecule has 1 N–H and O–H groups in total. The molecule has 3 rings (SSSR count). The molecule has 0 spiro atoms. The zero-order valence-electron chi connectivity index (χ0n) is 16.4. The standard InChI is InChI=1S/C20H29N5O.HI/c1-16-5-4-6-18(13-16)17(2)14-22-20(21-3)25-10-8-24(9-11-25)15-19-7-12-26-23-19;/h4-7,12-13,17H,8-11,14-15H2,1-3H3,(H,21,22);1H. The number of halogens is 1. The van der Waals surface area contributed by atoms with E-state index in [4.69, 9.17) is 4.52 Å². The van der Waals surface area contributed by atoms with Gasteiger partial charge in [0.25, 0.3) is 0 Å². The molecule has 1 aliphatic heterocycles. The average Bonchev–Trinajstić information content (AvgIpc) is 3.16. The van der Waals surface area contributed by atoms with Gasteiger partial charge in [0.2, 0.25) is 0 Å². The molecule has 0 amide bonds. The highest BCUT2D eigenvalue weighted by Crippen LogP contribution is 2.15. The molecule has 1 aromatic heterocycles. The summed E-state index contributed by atoms with van der Waals surface area (Å²) in [5, 5.41) is 7.55. The van der Waals surface area contributed by atoms with Crippen LogP contribution in [0, 0.1) is 6.92 Å². The minimum atomic E-state index is 0. The van der Waals surface area contributed by atoms with Crippen LogP contribution in [-0.4, -0.2) is 60.7 Å². The number of guanidine groups is 1. The Kier molecular flexibility index (Phi) is 8.56. The normalized spacial score (nSPS) is 16.7. The van der Waals surface area contributed by atoms with Gasteiger partial charge in [-0.3, -0.25) is 9.89 Å². The molecule has 1 aliphatic rings. The van der Waals surface area contributed by atoms with Crippen LogP contribution in [-0.2, 0) is 6.54 Å². The summed E-state index contributed by atoms with van der Waals surface area (Å²) in [6.07, 6.45) is 1.63. The Morgan fingerprint density at radius 2 is 2.04 bits per heavy atom. The van der Waals surface area contributed by atoms with Crippen molar-refractivity contribution in [1.29, 1.82) is 0 Å². The van der Waals surface area contributed by atoms with Crippen molar-refractivity contribution in [3.63, 3.8) is 0 Å². The number of aromatic nitrogens is 1. The molecular weight excluding hydrogens is 453 g/mol. The van der Waals surface area contributed by atoms with Gasteiger partial charge in [-0.1, -0.05) is 41.9 Å². The molecule has 0 radical (unpaired) electrons. The molecule has 1 saturated heterocycles. The third-order valence-electron chi connectivity index (χ3n) is 4.94. The lowest BCUT2D eigenvalue weighted by atomic mass is 9.99. The van der Waals surface area contributed by atoms with E-state index >= 15 is 0 Å². The molecule has 7 heteroatoms. The van der Waals surface area contributed by atoms with Gasteiger partial charge in [-0.2, -0.15) is 0 Å². The minimum absolute atomic E-state index is 0. The van der Waals surface area contributed by atoms with E-state index < -0.39 is 0 Å². The second-order valence-corrected chi connectivity index (χ2v) is 7.00. The number of hydrogen-bond donors (Lipinski definition) is 1. The predicted octanol–water partition coefficient (Wildman–Crippen LogP) is 3.10. The van der Waals surface area contributed by atoms with E-state index in [1.807, 2.05) is 13.1 Å². The molecule has 0 bridgehead atoms. The quantitative estimate of drug-likeness (QED) is 0.403. The fraction of sp³-hybridized carbons (Fsp3) is 0.500. The smallest absolute Gasteiger partial charge is 0.193 e. The van der Waals surface area contributed by atoms with E-state index in [0.29, 0.717) is 5.92 Å². The molecule has 2 aromatic rings. The van der Waals surface area contributed by atoms with Crippen molar-refractivity contribution in [2.75, 3.05) is 39.8 Å². The van der Waals surface area contributed by atoms with Crippen molar-refractivity contribution in [2.24, 2.45) is 4.99 Å². The first kappa shape index (κ1) is 21.7. The summed E-state index contributed by atoms with van der Waals surface area (Å²) < 4.78 is 4.91. The number of rotatable bonds is 5. The van der Waals surface area contributed by atoms with Crippen LogP contribution in [0.2, 0.25) is 0 Å². The van der Waals surface area contributed by atoms with Crippen molar-refractivity contribution in [2.45, 2.75) is 26.3 Å². The van der Waals surface area contributed by atoms with E-state index in [1.165, 1.54) is 11.1 Å². The van der Waals surface area contributed by atoms with Crippen LogP contribution in [0.5, 0.6) is 0 Å². The minimum Gasteiger partial charge on any atom is -0.364 e. The number of benzene rings is 1. The Bertz CT molecular complexity index is 711. The monoisotopic (exact) mass is 483 g/mol. The summed E-state index contributed by atoms with van der Waals surface area (Å²) >= 11 is 0. The molecule has 148 valence electrons. The number of piperazine rings is 1. The van der Waals surface area contributed by atoms with Gasteiger partial charge in [0.1, 0.15) is 6.26 Å². The lowest BCUT2D eigenvalue weighted by molar-refractivity contribution is 0.169. The summed E-state index contributed by atoms with van der Waals surface area (Å²) in [4.78, 5) is 9.22. The zero-order chi connectivity index (χ0) is 18.4. The Hall–Kier alpha value is -1.61. The molecule has 0 aliphatic carbocycles. The van der Waals surface area contributed by atoms with Crippen LogP contribution >= 0.6 is 24.0 Å². The van der Waals surface area contributed by atoms with E-state index in [1.54, 1.807) is 6.26 Å². The largest absolute Gasteiger partial charge is 0.364 e.